The molecule has 0 bridgehead atoms. The summed E-state index contributed by atoms with van der Waals surface area (Å²) in [6.07, 6.45) is 4.77. The van der Waals surface area contributed by atoms with E-state index in [0.717, 1.165) is 6.42 Å². The fraction of sp³-hybridized carbons (Fsp3) is 0.571. The zero-order valence-electron chi connectivity index (χ0n) is 5.81. The number of hydrogen-bond acceptors (Lipinski definition) is 1. The molecule has 0 rings (SSSR count). The van der Waals surface area contributed by atoms with Gasteiger partial charge in [0, 0.05) is 12.4 Å². The quantitative estimate of drug-likeness (QED) is 0.485. The molecule has 1 heteroatoms. The van der Waals surface area contributed by atoms with Gasteiger partial charge >= 0.3 is 0 Å². The fourth-order valence-corrected chi connectivity index (χ4v) is 0.293. The Morgan fingerprint density at radius 2 is 2.25 bits per heavy atom. The molecule has 0 N–H and O–H groups in total. The molecule has 0 atom stereocenters. The van der Waals surface area contributed by atoms with Crippen LogP contribution in [0.5, 0.6) is 0 Å². The van der Waals surface area contributed by atoms with Crippen molar-refractivity contribution >= 4 is 6.21 Å². The average Bonchev–Trinajstić information content (AvgIpc) is 1.83. The van der Waals surface area contributed by atoms with Gasteiger partial charge in [0.2, 0.25) is 0 Å². The highest BCUT2D eigenvalue weighted by Crippen LogP contribution is 1.96. The predicted molar refractivity (Wildman–Crippen MR) is 38.2 cm³/mol. The highest BCUT2D eigenvalue weighted by atomic mass is 14.7. The van der Waals surface area contributed by atoms with Gasteiger partial charge in [-0.25, -0.2) is 0 Å². The predicted octanol–water partition coefficient (Wildman–Crippen LogP) is 2.39. The van der Waals surface area contributed by atoms with Crippen molar-refractivity contribution in [2.24, 2.45) is 4.99 Å². The first-order chi connectivity index (χ1) is 3.81. The molecule has 0 heterocycles. The van der Waals surface area contributed by atoms with Crippen LogP contribution in [0.3, 0.4) is 0 Å². The zero-order chi connectivity index (χ0) is 6.41. The first-order valence-electron chi connectivity index (χ1n) is 2.94. The van der Waals surface area contributed by atoms with Gasteiger partial charge in [-0.3, -0.25) is 4.99 Å². The molecule has 46 valence electrons. The summed E-state index contributed by atoms with van der Waals surface area (Å²) in [6.45, 7) is 6.11. The molecule has 0 aromatic heterocycles. The van der Waals surface area contributed by atoms with E-state index in [4.69, 9.17) is 0 Å². The van der Waals surface area contributed by atoms with Gasteiger partial charge in [-0.15, -0.1) is 0 Å². The van der Waals surface area contributed by atoms with Crippen LogP contribution >= 0.6 is 0 Å². The summed E-state index contributed by atoms with van der Waals surface area (Å²) >= 11 is 0. The largest absolute Gasteiger partial charge is 0.269 e. The molecule has 0 aromatic rings. The smallest absolute Gasteiger partial charge is 0.0252 e. The molecule has 0 aliphatic carbocycles. The second kappa shape index (κ2) is 4.57. The van der Waals surface area contributed by atoms with Gasteiger partial charge < -0.3 is 0 Å². The van der Waals surface area contributed by atoms with E-state index >= 15 is 0 Å². The lowest BCUT2D eigenvalue weighted by atomic mass is 10.3. The van der Waals surface area contributed by atoms with Crippen LogP contribution in [0.1, 0.15) is 27.2 Å². The fourth-order valence-electron chi connectivity index (χ4n) is 0.293. The van der Waals surface area contributed by atoms with Crippen LogP contribution in [-0.4, -0.2) is 6.21 Å². The molecule has 0 fully saturated rings. The molecule has 0 spiro atoms. The summed E-state index contributed by atoms with van der Waals surface area (Å²) in [5.41, 5.74) is 1.32. The van der Waals surface area contributed by atoms with Crippen molar-refractivity contribution in [1.82, 2.24) is 0 Å². The van der Waals surface area contributed by atoms with Gasteiger partial charge in [-0.05, 0) is 20.3 Å². The van der Waals surface area contributed by atoms with E-state index in [1.807, 2.05) is 13.1 Å². The van der Waals surface area contributed by atoms with E-state index in [9.17, 15) is 0 Å². The van der Waals surface area contributed by atoms with Crippen LogP contribution in [0.4, 0.5) is 0 Å². The Morgan fingerprint density at radius 1 is 1.62 bits per heavy atom. The Hall–Kier alpha value is -0.590. The maximum absolute atomic E-state index is 3.96. The summed E-state index contributed by atoms with van der Waals surface area (Å²) in [6, 6.07) is 0. The van der Waals surface area contributed by atoms with E-state index in [2.05, 4.69) is 18.8 Å². The lowest BCUT2D eigenvalue weighted by molar-refractivity contribution is 1.09. The lowest BCUT2D eigenvalue weighted by Gasteiger charge is -1.86. The average molecular weight is 111 g/mol. The SMILES string of the molecule is CC=N/C=C(/C)CC. The van der Waals surface area contributed by atoms with Crippen LogP contribution in [0.15, 0.2) is 16.8 Å². The molecular formula is C7H13N. The van der Waals surface area contributed by atoms with E-state index < -0.39 is 0 Å². The normalized spacial score (nSPS) is 13.1. The molecule has 0 aliphatic rings. The van der Waals surface area contributed by atoms with Crippen molar-refractivity contribution < 1.29 is 0 Å². The van der Waals surface area contributed by atoms with E-state index in [1.165, 1.54) is 5.57 Å². The van der Waals surface area contributed by atoms with Crippen LogP contribution in [0.2, 0.25) is 0 Å². The first kappa shape index (κ1) is 7.41. The number of rotatable bonds is 2. The minimum atomic E-state index is 1.09. The first-order valence-corrected chi connectivity index (χ1v) is 2.94. The van der Waals surface area contributed by atoms with Crippen molar-refractivity contribution in [1.29, 1.82) is 0 Å². The van der Waals surface area contributed by atoms with E-state index in [-0.39, 0.29) is 0 Å². The molecule has 0 amide bonds. The molecular weight excluding hydrogens is 98.1 g/mol. The van der Waals surface area contributed by atoms with Gasteiger partial charge in [0.05, 0.1) is 0 Å². The molecule has 0 aromatic carbocycles. The van der Waals surface area contributed by atoms with E-state index in [0.29, 0.717) is 0 Å². The maximum atomic E-state index is 3.96. The molecule has 0 radical (unpaired) electrons. The third kappa shape index (κ3) is 3.59. The summed E-state index contributed by atoms with van der Waals surface area (Å²) < 4.78 is 0. The second-order valence-electron chi connectivity index (χ2n) is 1.74. The van der Waals surface area contributed by atoms with Crippen LogP contribution in [0.25, 0.3) is 0 Å². The van der Waals surface area contributed by atoms with Crippen molar-refractivity contribution in [2.75, 3.05) is 0 Å². The standard InChI is InChI=1S/C7H13N/c1-4-7(3)6-8-5-2/h5-6H,4H2,1-3H3/b7-6-,8-5?. The summed E-state index contributed by atoms with van der Waals surface area (Å²) in [5, 5.41) is 0. The minimum Gasteiger partial charge on any atom is -0.269 e. The molecule has 0 saturated heterocycles. The Balaban J connectivity index is 3.57. The number of nitrogens with zero attached hydrogens (tertiary/aromatic N) is 1. The van der Waals surface area contributed by atoms with Crippen molar-refractivity contribution in [3.63, 3.8) is 0 Å². The molecule has 0 aliphatic heterocycles. The van der Waals surface area contributed by atoms with Crippen molar-refractivity contribution in [3.05, 3.63) is 11.8 Å². The van der Waals surface area contributed by atoms with E-state index in [1.54, 1.807) is 6.21 Å². The number of aliphatic imine (C=N–C) groups is 1. The van der Waals surface area contributed by atoms with Gasteiger partial charge in [0.15, 0.2) is 0 Å². The van der Waals surface area contributed by atoms with Crippen LogP contribution < -0.4 is 0 Å². The third-order valence-corrected chi connectivity index (χ3v) is 1.00. The number of allylic oxidation sites excluding steroid dienone is 1. The highest BCUT2D eigenvalue weighted by molar-refractivity contribution is 5.54. The molecule has 0 saturated carbocycles. The lowest BCUT2D eigenvalue weighted by Crippen LogP contribution is -1.67. The second-order valence-corrected chi connectivity index (χ2v) is 1.74. The Morgan fingerprint density at radius 3 is 2.62 bits per heavy atom. The summed E-state index contributed by atoms with van der Waals surface area (Å²) in [7, 11) is 0. The maximum Gasteiger partial charge on any atom is 0.0252 e. The van der Waals surface area contributed by atoms with Crippen LogP contribution in [0, 0.1) is 0 Å². The zero-order valence-corrected chi connectivity index (χ0v) is 5.81. The van der Waals surface area contributed by atoms with Crippen molar-refractivity contribution in [2.45, 2.75) is 27.2 Å². The monoisotopic (exact) mass is 111 g/mol. The number of hydrogen-bond donors (Lipinski definition) is 0. The minimum absolute atomic E-state index is 1.09. The van der Waals surface area contributed by atoms with Gasteiger partial charge in [0.1, 0.15) is 0 Å². The Kier molecular flexibility index (Phi) is 4.23. The summed E-state index contributed by atoms with van der Waals surface area (Å²) in [5.74, 6) is 0. The van der Waals surface area contributed by atoms with Gasteiger partial charge in [0.25, 0.3) is 0 Å². The van der Waals surface area contributed by atoms with Gasteiger partial charge in [-0.2, -0.15) is 0 Å². The topological polar surface area (TPSA) is 12.4 Å². The molecule has 8 heavy (non-hydrogen) atoms. The molecule has 0 unspecified atom stereocenters. The third-order valence-electron chi connectivity index (χ3n) is 1.00. The Labute approximate surface area is 51.1 Å². The summed E-state index contributed by atoms with van der Waals surface area (Å²) in [4.78, 5) is 3.96. The highest BCUT2D eigenvalue weighted by Gasteiger charge is 1.76. The Bertz CT molecular complexity index is 101. The van der Waals surface area contributed by atoms with Crippen LogP contribution in [-0.2, 0) is 0 Å². The van der Waals surface area contributed by atoms with Crippen molar-refractivity contribution in [3.8, 4) is 0 Å². The van der Waals surface area contributed by atoms with Gasteiger partial charge in [-0.1, -0.05) is 12.5 Å². The molecule has 1 nitrogen and oxygen atoms in total.